The summed E-state index contributed by atoms with van der Waals surface area (Å²) in [4.78, 5) is 26.5. The van der Waals surface area contributed by atoms with Gasteiger partial charge >= 0.3 is 5.97 Å². The highest BCUT2D eigenvalue weighted by Gasteiger charge is 2.44. The Bertz CT molecular complexity index is 559. The van der Waals surface area contributed by atoms with Gasteiger partial charge in [-0.25, -0.2) is 4.79 Å². The molecule has 0 radical (unpaired) electrons. The van der Waals surface area contributed by atoms with Gasteiger partial charge < -0.3 is 10.0 Å². The Morgan fingerprint density at radius 3 is 2.67 bits per heavy atom. The lowest BCUT2D eigenvalue weighted by molar-refractivity contribution is -0.146. The van der Waals surface area contributed by atoms with Crippen LogP contribution in [0.2, 0.25) is 0 Å². The van der Waals surface area contributed by atoms with Gasteiger partial charge in [-0.05, 0) is 50.1 Å². The first-order chi connectivity index (χ1) is 10.1. The van der Waals surface area contributed by atoms with Gasteiger partial charge in [0.2, 0.25) is 0 Å². The predicted molar refractivity (Wildman–Crippen MR) is 77.2 cm³/mol. The van der Waals surface area contributed by atoms with Crippen molar-refractivity contribution in [1.82, 2.24) is 14.5 Å². The largest absolute Gasteiger partial charge is 0.480 e. The monoisotopic (exact) mass is 309 g/mol. The number of amides is 1. The van der Waals surface area contributed by atoms with Gasteiger partial charge in [-0.1, -0.05) is 17.3 Å². The maximum Gasteiger partial charge on any atom is 0.326 e. The lowest BCUT2D eigenvalue weighted by Gasteiger charge is -2.47. The van der Waals surface area contributed by atoms with Crippen LogP contribution in [0.4, 0.5) is 0 Å². The van der Waals surface area contributed by atoms with E-state index in [-0.39, 0.29) is 11.9 Å². The zero-order valence-electron chi connectivity index (χ0n) is 12.0. The third-order valence-corrected chi connectivity index (χ3v) is 5.55. The quantitative estimate of drug-likeness (QED) is 0.904. The smallest absolute Gasteiger partial charge is 0.326 e. The zero-order chi connectivity index (χ0) is 15.0. The van der Waals surface area contributed by atoms with E-state index in [0.29, 0.717) is 22.9 Å². The molecular formula is C14H19N3O3S. The Labute approximate surface area is 127 Å². The number of hydrogen-bond donors (Lipinski definition) is 1. The Morgan fingerprint density at radius 1 is 1.24 bits per heavy atom. The second kappa shape index (κ2) is 5.71. The van der Waals surface area contributed by atoms with Crippen LogP contribution >= 0.6 is 11.5 Å². The highest BCUT2D eigenvalue weighted by molar-refractivity contribution is 7.08. The molecule has 2 heterocycles. The van der Waals surface area contributed by atoms with Crippen molar-refractivity contribution < 1.29 is 14.7 Å². The molecule has 0 aromatic carbocycles. The third-order valence-electron chi connectivity index (χ3n) is 4.74. The Kier molecular flexibility index (Phi) is 3.93. The van der Waals surface area contributed by atoms with E-state index in [9.17, 15) is 14.7 Å². The maximum absolute atomic E-state index is 12.8. The van der Waals surface area contributed by atoms with Crippen molar-refractivity contribution in [3.8, 4) is 0 Å². The Morgan fingerprint density at radius 2 is 2.00 bits per heavy atom. The van der Waals surface area contributed by atoms with Crippen LogP contribution in [0.25, 0.3) is 0 Å². The second-order valence-corrected chi connectivity index (χ2v) is 6.70. The average Bonchev–Trinajstić information content (AvgIpc) is 2.91. The average molecular weight is 309 g/mol. The minimum absolute atomic E-state index is 0.0580. The van der Waals surface area contributed by atoms with Crippen LogP contribution in [0, 0.1) is 12.8 Å². The number of carbonyl (C=O) groups is 2. The molecule has 1 N–H and O–H groups in total. The first-order valence-electron chi connectivity index (χ1n) is 7.44. The van der Waals surface area contributed by atoms with Gasteiger partial charge in [-0.2, -0.15) is 0 Å². The van der Waals surface area contributed by atoms with Crippen molar-refractivity contribution in [2.45, 2.75) is 57.5 Å². The summed E-state index contributed by atoms with van der Waals surface area (Å²) in [6, 6.07) is -0.652. The lowest BCUT2D eigenvalue weighted by atomic mass is 9.76. The molecule has 6 nitrogen and oxygen atoms in total. The fourth-order valence-corrected chi connectivity index (χ4v) is 4.31. The van der Waals surface area contributed by atoms with Crippen LogP contribution in [0.1, 0.15) is 53.9 Å². The van der Waals surface area contributed by atoms with Crippen LogP contribution < -0.4 is 0 Å². The topological polar surface area (TPSA) is 83.4 Å². The summed E-state index contributed by atoms with van der Waals surface area (Å²) in [6.45, 7) is 1.74. The van der Waals surface area contributed by atoms with E-state index in [1.165, 1.54) is 6.42 Å². The number of piperidine rings is 1. The van der Waals surface area contributed by atoms with E-state index in [4.69, 9.17) is 0 Å². The van der Waals surface area contributed by atoms with E-state index >= 15 is 0 Å². The van der Waals surface area contributed by atoms with E-state index < -0.39 is 12.0 Å². The number of aryl methyl sites for hydroxylation is 1. The molecule has 1 aliphatic carbocycles. The fourth-order valence-electron chi connectivity index (χ4n) is 3.71. The van der Waals surface area contributed by atoms with Gasteiger partial charge in [-0.3, -0.25) is 4.79 Å². The van der Waals surface area contributed by atoms with Crippen molar-refractivity contribution in [1.29, 1.82) is 0 Å². The summed E-state index contributed by atoms with van der Waals surface area (Å²) in [5, 5.41) is 13.4. The molecule has 1 amide bonds. The molecule has 1 aromatic heterocycles. The predicted octanol–water partition coefficient (Wildman–Crippen LogP) is 2.09. The molecule has 2 fully saturated rings. The van der Waals surface area contributed by atoms with Crippen molar-refractivity contribution in [3.05, 3.63) is 10.6 Å². The normalized spacial score (nSPS) is 29.0. The number of likely N-dealkylation sites (tertiary alicyclic amines) is 1. The number of carbonyl (C=O) groups excluding carboxylic acids is 1. The summed E-state index contributed by atoms with van der Waals surface area (Å²) in [6.07, 6.45) is 5.71. The molecule has 1 aromatic rings. The Hall–Kier alpha value is -1.50. The molecule has 1 aliphatic heterocycles. The second-order valence-electron chi connectivity index (χ2n) is 5.94. The number of fused-ring (bicyclic) bond motifs is 1. The molecule has 7 heteroatoms. The van der Waals surface area contributed by atoms with E-state index in [1.807, 2.05) is 0 Å². The number of aliphatic carboxylic acids is 1. The minimum Gasteiger partial charge on any atom is -0.480 e. The standard InChI is InChI=1S/C14H19N3O3S/c1-8-12(21-16-15-8)13(18)17-10-5-3-2-4-9(10)6-7-11(17)14(19)20/h9-11H,2-7H2,1H3,(H,19,20). The zero-order valence-corrected chi connectivity index (χ0v) is 12.8. The van der Waals surface area contributed by atoms with Gasteiger partial charge in [-0.15, -0.1) is 5.10 Å². The summed E-state index contributed by atoms with van der Waals surface area (Å²) >= 11 is 1.06. The van der Waals surface area contributed by atoms with Gasteiger partial charge in [0, 0.05) is 6.04 Å². The maximum atomic E-state index is 12.8. The van der Waals surface area contributed by atoms with E-state index in [0.717, 1.165) is 37.2 Å². The highest BCUT2D eigenvalue weighted by Crippen LogP contribution is 2.39. The van der Waals surface area contributed by atoms with Gasteiger partial charge in [0.05, 0.1) is 5.69 Å². The summed E-state index contributed by atoms with van der Waals surface area (Å²) < 4.78 is 3.81. The van der Waals surface area contributed by atoms with Crippen LogP contribution in [0.15, 0.2) is 0 Å². The summed E-state index contributed by atoms with van der Waals surface area (Å²) in [5.74, 6) is -0.659. The number of carboxylic acid groups (broad SMARTS) is 1. The molecule has 3 unspecified atom stereocenters. The lowest BCUT2D eigenvalue weighted by Crippen LogP contribution is -2.57. The van der Waals surface area contributed by atoms with Crippen molar-refractivity contribution >= 4 is 23.4 Å². The van der Waals surface area contributed by atoms with Crippen LogP contribution in [0.3, 0.4) is 0 Å². The molecule has 0 bridgehead atoms. The number of rotatable bonds is 2. The van der Waals surface area contributed by atoms with Gasteiger partial charge in [0.25, 0.3) is 5.91 Å². The molecular weight excluding hydrogens is 290 g/mol. The molecule has 2 aliphatic rings. The molecule has 114 valence electrons. The highest BCUT2D eigenvalue weighted by atomic mass is 32.1. The third kappa shape index (κ3) is 2.54. The van der Waals surface area contributed by atoms with Crippen molar-refractivity contribution in [2.75, 3.05) is 0 Å². The van der Waals surface area contributed by atoms with Crippen LogP contribution in [-0.2, 0) is 4.79 Å². The number of nitrogens with zero attached hydrogens (tertiary/aromatic N) is 3. The summed E-state index contributed by atoms with van der Waals surface area (Å²) in [5.41, 5.74) is 0.590. The molecule has 3 rings (SSSR count). The molecule has 1 saturated carbocycles. The number of hydrogen-bond acceptors (Lipinski definition) is 5. The van der Waals surface area contributed by atoms with Crippen LogP contribution in [-0.4, -0.2) is 43.6 Å². The molecule has 1 saturated heterocycles. The summed E-state index contributed by atoms with van der Waals surface area (Å²) in [7, 11) is 0. The van der Waals surface area contributed by atoms with E-state index in [2.05, 4.69) is 9.59 Å². The van der Waals surface area contributed by atoms with Gasteiger partial charge in [0.15, 0.2) is 0 Å². The molecule has 0 spiro atoms. The minimum atomic E-state index is -0.900. The number of aromatic nitrogens is 2. The molecule has 21 heavy (non-hydrogen) atoms. The Balaban J connectivity index is 1.94. The van der Waals surface area contributed by atoms with Crippen molar-refractivity contribution in [3.63, 3.8) is 0 Å². The van der Waals surface area contributed by atoms with E-state index in [1.54, 1.807) is 11.8 Å². The number of carboxylic acids is 1. The van der Waals surface area contributed by atoms with Crippen molar-refractivity contribution in [2.24, 2.45) is 5.92 Å². The van der Waals surface area contributed by atoms with Crippen LogP contribution in [0.5, 0.6) is 0 Å². The van der Waals surface area contributed by atoms with Gasteiger partial charge in [0.1, 0.15) is 10.9 Å². The first kappa shape index (κ1) is 14.4. The molecule has 3 atom stereocenters. The SMILES string of the molecule is Cc1nnsc1C(=O)N1C(C(=O)O)CCC2CCCCC21. The first-order valence-corrected chi connectivity index (χ1v) is 8.21. The fraction of sp³-hybridized carbons (Fsp3) is 0.714.